The minimum absolute atomic E-state index is 0.0543. The second-order valence-electron chi connectivity index (χ2n) is 4.47. The van der Waals surface area contributed by atoms with E-state index in [-0.39, 0.29) is 17.2 Å². The van der Waals surface area contributed by atoms with Crippen LogP contribution in [0.2, 0.25) is 0 Å². The Hall–Kier alpha value is -2.96. The Bertz CT molecular complexity index is 700. The lowest BCUT2D eigenvalue weighted by Gasteiger charge is -2.07. The van der Waals surface area contributed by atoms with Crippen molar-refractivity contribution < 1.29 is 14.8 Å². The average molecular weight is 287 g/mol. The van der Waals surface area contributed by atoms with E-state index >= 15 is 0 Å². The second kappa shape index (κ2) is 6.00. The molecule has 21 heavy (non-hydrogen) atoms. The molecule has 0 saturated carbocycles. The van der Waals surface area contributed by atoms with Gasteiger partial charge in [0.05, 0.1) is 4.92 Å². The first-order valence-corrected chi connectivity index (χ1v) is 6.15. The maximum atomic E-state index is 10.9. The van der Waals surface area contributed by atoms with Crippen LogP contribution in [-0.4, -0.2) is 21.0 Å². The average Bonchev–Trinajstić information content (AvgIpc) is 2.44. The van der Waals surface area contributed by atoms with E-state index in [0.29, 0.717) is 6.54 Å². The first kappa shape index (κ1) is 14.4. The van der Waals surface area contributed by atoms with Gasteiger partial charge in [0.1, 0.15) is 0 Å². The van der Waals surface area contributed by atoms with Crippen molar-refractivity contribution in [3.05, 3.63) is 63.3 Å². The van der Waals surface area contributed by atoms with Gasteiger partial charge >= 0.3 is 11.7 Å². The summed E-state index contributed by atoms with van der Waals surface area (Å²) in [5.41, 5.74) is 1.49. The predicted molar refractivity (Wildman–Crippen MR) is 76.4 cm³/mol. The largest absolute Gasteiger partial charge is 0.477 e. The molecule has 0 aliphatic rings. The number of aromatic carboxylic acids is 1. The number of aromatic nitrogens is 1. The summed E-state index contributed by atoms with van der Waals surface area (Å²) in [5, 5.41) is 22.7. The Labute approximate surface area is 120 Å². The molecule has 0 fully saturated rings. The van der Waals surface area contributed by atoms with Crippen molar-refractivity contribution in [2.24, 2.45) is 0 Å². The molecule has 1 aromatic heterocycles. The van der Waals surface area contributed by atoms with Crippen molar-refractivity contribution in [3.8, 4) is 0 Å². The number of benzene rings is 1. The standard InChI is InChI=1S/C14H13N3O4/c1-9-3-2-4-10(7-9)8-15-13-12(17(20)21)6-5-11(16-13)14(18)19/h2-7H,8H2,1H3,(H,15,16)(H,18,19). The van der Waals surface area contributed by atoms with Crippen molar-refractivity contribution in [2.45, 2.75) is 13.5 Å². The molecule has 0 bridgehead atoms. The summed E-state index contributed by atoms with van der Waals surface area (Å²) in [6.07, 6.45) is 0. The fourth-order valence-corrected chi connectivity index (χ4v) is 1.86. The summed E-state index contributed by atoms with van der Waals surface area (Å²) >= 11 is 0. The molecule has 0 unspecified atom stereocenters. The number of aryl methyl sites for hydroxylation is 1. The highest BCUT2D eigenvalue weighted by atomic mass is 16.6. The zero-order valence-corrected chi connectivity index (χ0v) is 11.2. The van der Waals surface area contributed by atoms with E-state index < -0.39 is 10.9 Å². The molecule has 0 amide bonds. The molecule has 0 atom stereocenters. The number of pyridine rings is 1. The molecule has 0 aliphatic carbocycles. The SMILES string of the molecule is Cc1cccc(CNc2nc(C(=O)O)ccc2[N+](=O)[O-])c1. The molecule has 2 aromatic rings. The van der Waals surface area contributed by atoms with Crippen LogP contribution < -0.4 is 5.32 Å². The molecule has 0 spiro atoms. The van der Waals surface area contributed by atoms with Gasteiger partial charge in [-0.3, -0.25) is 10.1 Å². The van der Waals surface area contributed by atoms with Crippen LogP contribution in [0.25, 0.3) is 0 Å². The van der Waals surface area contributed by atoms with Gasteiger partial charge in [0, 0.05) is 12.6 Å². The summed E-state index contributed by atoms with van der Waals surface area (Å²) in [6.45, 7) is 2.26. The summed E-state index contributed by atoms with van der Waals surface area (Å²) in [6, 6.07) is 9.86. The highest BCUT2D eigenvalue weighted by Gasteiger charge is 2.18. The molecule has 0 aliphatic heterocycles. The van der Waals surface area contributed by atoms with E-state index in [0.717, 1.165) is 23.3 Å². The number of carboxylic acid groups (broad SMARTS) is 1. The number of carboxylic acids is 1. The number of hydrogen-bond acceptors (Lipinski definition) is 5. The fraction of sp³-hybridized carbons (Fsp3) is 0.143. The van der Waals surface area contributed by atoms with Gasteiger partial charge in [-0.25, -0.2) is 9.78 Å². The summed E-state index contributed by atoms with van der Waals surface area (Å²) < 4.78 is 0. The Balaban J connectivity index is 2.26. The molecule has 7 nitrogen and oxygen atoms in total. The Morgan fingerprint density at radius 3 is 2.76 bits per heavy atom. The molecule has 1 aromatic carbocycles. The number of nitro groups is 1. The number of rotatable bonds is 5. The fourth-order valence-electron chi connectivity index (χ4n) is 1.86. The third-order valence-corrected chi connectivity index (χ3v) is 2.83. The van der Waals surface area contributed by atoms with E-state index in [1.165, 1.54) is 0 Å². The molecule has 0 saturated heterocycles. The van der Waals surface area contributed by atoms with Crippen LogP contribution in [-0.2, 0) is 6.54 Å². The Morgan fingerprint density at radius 2 is 2.14 bits per heavy atom. The van der Waals surface area contributed by atoms with Crippen molar-refractivity contribution in [1.29, 1.82) is 0 Å². The van der Waals surface area contributed by atoms with Crippen LogP contribution in [0, 0.1) is 17.0 Å². The Kier molecular flexibility index (Phi) is 4.13. The van der Waals surface area contributed by atoms with Gasteiger partial charge < -0.3 is 10.4 Å². The molecule has 0 radical (unpaired) electrons. The van der Waals surface area contributed by atoms with Crippen molar-refractivity contribution >= 4 is 17.5 Å². The number of hydrogen-bond donors (Lipinski definition) is 2. The quantitative estimate of drug-likeness (QED) is 0.646. The van der Waals surface area contributed by atoms with E-state index in [1.54, 1.807) is 0 Å². The van der Waals surface area contributed by atoms with Gasteiger partial charge in [-0.15, -0.1) is 0 Å². The van der Waals surface area contributed by atoms with Gasteiger partial charge in [0.2, 0.25) is 5.82 Å². The molecular weight excluding hydrogens is 274 g/mol. The lowest BCUT2D eigenvalue weighted by molar-refractivity contribution is -0.384. The molecule has 1 heterocycles. The van der Waals surface area contributed by atoms with Gasteiger partial charge in [-0.2, -0.15) is 0 Å². The first-order valence-electron chi connectivity index (χ1n) is 6.15. The number of carbonyl (C=O) groups is 1. The zero-order chi connectivity index (χ0) is 15.4. The third kappa shape index (κ3) is 3.53. The van der Waals surface area contributed by atoms with Crippen molar-refractivity contribution in [3.63, 3.8) is 0 Å². The van der Waals surface area contributed by atoms with Crippen molar-refractivity contribution in [1.82, 2.24) is 4.98 Å². The van der Waals surface area contributed by atoms with E-state index in [4.69, 9.17) is 5.11 Å². The lowest BCUT2D eigenvalue weighted by Crippen LogP contribution is -2.08. The third-order valence-electron chi connectivity index (χ3n) is 2.83. The maximum absolute atomic E-state index is 10.9. The van der Waals surface area contributed by atoms with E-state index in [9.17, 15) is 14.9 Å². The highest BCUT2D eigenvalue weighted by Crippen LogP contribution is 2.22. The van der Waals surface area contributed by atoms with Crippen LogP contribution in [0.15, 0.2) is 36.4 Å². The zero-order valence-electron chi connectivity index (χ0n) is 11.2. The molecule has 2 rings (SSSR count). The molecule has 7 heteroatoms. The normalized spacial score (nSPS) is 10.1. The smallest absolute Gasteiger partial charge is 0.354 e. The second-order valence-corrected chi connectivity index (χ2v) is 4.47. The van der Waals surface area contributed by atoms with Gasteiger partial charge in [0.25, 0.3) is 0 Å². The van der Waals surface area contributed by atoms with Gasteiger partial charge in [-0.05, 0) is 18.6 Å². The van der Waals surface area contributed by atoms with Crippen molar-refractivity contribution in [2.75, 3.05) is 5.32 Å². The van der Waals surface area contributed by atoms with Crippen LogP contribution in [0.3, 0.4) is 0 Å². The Morgan fingerprint density at radius 1 is 1.38 bits per heavy atom. The number of nitrogens with zero attached hydrogens (tertiary/aromatic N) is 2. The highest BCUT2D eigenvalue weighted by molar-refractivity contribution is 5.86. The minimum Gasteiger partial charge on any atom is -0.477 e. The maximum Gasteiger partial charge on any atom is 0.354 e. The lowest BCUT2D eigenvalue weighted by atomic mass is 10.1. The van der Waals surface area contributed by atoms with Crippen LogP contribution in [0.4, 0.5) is 11.5 Å². The topological polar surface area (TPSA) is 105 Å². The monoisotopic (exact) mass is 287 g/mol. The molecular formula is C14H13N3O4. The van der Waals surface area contributed by atoms with Crippen LogP contribution in [0.5, 0.6) is 0 Å². The summed E-state index contributed by atoms with van der Waals surface area (Å²) in [7, 11) is 0. The van der Waals surface area contributed by atoms with Crippen LogP contribution >= 0.6 is 0 Å². The van der Waals surface area contributed by atoms with Gasteiger partial charge in [-0.1, -0.05) is 29.8 Å². The minimum atomic E-state index is -1.23. The summed E-state index contributed by atoms with van der Waals surface area (Å²) in [5.74, 6) is -1.29. The van der Waals surface area contributed by atoms with Crippen LogP contribution in [0.1, 0.15) is 21.6 Å². The van der Waals surface area contributed by atoms with E-state index in [1.807, 2.05) is 31.2 Å². The number of nitrogens with one attached hydrogen (secondary N) is 1. The molecule has 2 N–H and O–H groups in total. The first-order chi connectivity index (χ1) is 9.97. The molecule has 108 valence electrons. The van der Waals surface area contributed by atoms with Gasteiger partial charge in [0.15, 0.2) is 5.69 Å². The summed E-state index contributed by atoms with van der Waals surface area (Å²) in [4.78, 5) is 25.0. The van der Waals surface area contributed by atoms with E-state index in [2.05, 4.69) is 10.3 Å². The predicted octanol–water partition coefficient (Wildman–Crippen LogP) is 2.61. The number of anilines is 1.